The molecule has 9 heteroatoms. The van der Waals surface area contributed by atoms with Crippen LogP contribution in [0.15, 0.2) is 0 Å². The fourth-order valence-corrected chi connectivity index (χ4v) is 3.60. The van der Waals surface area contributed by atoms with Crippen molar-refractivity contribution in [2.45, 2.75) is 31.9 Å². The number of nitrogen functional groups attached to an aromatic ring is 1. The summed E-state index contributed by atoms with van der Waals surface area (Å²) >= 11 is 0. The van der Waals surface area contributed by atoms with Gasteiger partial charge in [0.2, 0.25) is 5.95 Å². The van der Waals surface area contributed by atoms with E-state index in [9.17, 15) is 9.90 Å². The Labute approximate surface area is 146 Å². The monoisotopic (exact) mass is 351 g/mol. The lowest BCUT2D eigenvalue weighted by atomic mass is 10.1. The first-order valence-corrected chi connectivity index (χ1v) is 8.55. The molecular weight excluding hydrogens is 326 g/mol. The first-order chi connectivity index (χ1) is 12.0. The number of carbonyl (C=O) groups is 1. The van der Waals surface area contributed by atoms with Crippen LogP contribution in [0, 0.1) is 6.92 Å². The lowest BCUT2D eigenvalue weighted by Crippen LogP contribution is -2.48. The number of aliphatic hydroxyl groups is 1. The van der Waals surface area contributed by atoms with Gasteiger partial charge >= 0.3 is 5.97 Å². The van der Waals surface area contributed by atoms with Crippen LogP contribution in [0.4, 0.5) is 11.8 Å². The van der Waals surface area contributed by atoms with E-state index >= 15 is 0 Å². The number of carboxylic acids is 1. The molecule has 0 bridgehead atoms. The van der Waals surface area contributed by atoms with Gasteiger partial charge in [-0.25, -0.2) is 4.98 Å². The van der Waals surface area contributed by atoms with Crippen LogP contribution in [0.2, 0.25) is 0 Å². The molecule has 1 aromatic rings. The van der Waals surface area contributed by atoms with Crippen LogP contribution in [0.3, 0.4) is 0 Å². The third-order valence-corrected chi connectivity index (χ3v) is 4.87. The van der Waals surface area contributed by atoms with Crippen molar-refractivity contribution in [2.75, 3.05) is 50.0 Å². The highest BCUT2D eigenvalue weighted by Crippen LogP contribution is 2.28. The number of nitrogens with two attached hydrogens (primary N) is 1. The van der Waals surface area contributed by atoms with Gasteiger partial charge in [0.05, 0.1) is 25.4 Å². The van der Waals surface area contributed by atoms with Gasteiger partial charge in [0, 0.05) is 43.9 Å². The third-order valence-electron chi connectivity index (χ3n) is 4.87. The summed E-state index contributed by atoms with van der Waals surface area (Å²) in [5.74, 6) is -0.0632. The van der Waals surface area contributed by atoms with Gasteiger partial charge in [0.25, 0.3) is 0 Å². The van der Waals surface area contributed by atoms with Crippen molar-refractivity contribution in [3.05, 3.63) is 11.3 Å². The Morgan fingerprint density at radius 3 is 2.72 bits per heavy atom. The van der Waals surface area contributed by atoms with Crippen molar-refractivity contribution in [3.8, 4) is 0 Å². The maximum absolute atomic E-state index is 11.0. The van der Waals surface area contributed by atoms with Crippen molar-refractivity contribution < 1.29 is 19.7 Å². The van der Waals surface area contributed by atoms with Crippen LogP contribution in [0.5, 0.6) is 0 Å². The molecule has 0 radical (unpaired) electrons. The number of aliphatic hydroxyl groups excluding tert-OH is 1. The van der Waals surface area contributed by atoms with Crippen molar-refractivity contribution in [1.29, 1.82) is 0 Å². The van der Waals surface area contributed by atoms with Crippen LogP contribution in [-0.2, 0) is 16.0 Å². The second-order valence-corrected chi connectivity index (χ2v) is 6.55. The number of hydrogen-bond donors (Lipinski definition) is 3. The zero-order chi connectivity index (χ0) is 18.0. The summed E-state index contributed by atoms with van der Waals surface area (Å²) in [4.78, 5) is 23.7. The molecule has 138 valence electrons. The molecule has 0 saturated carbocycles. The average molecular weight is 351 g/mol. The van der Waals surface area contributed by atoms with Gasteiger partial charge in [-0.2, -0.15) is 4.98 Å². The van der Waals surface area contributed by atoms with E-state index in [1.807, 2.05) is 11.8 Å². The van der Waals surface area contributed by atoms with Crippen molar-refractivity contribution in [3.63, 3.8) is 0 Å². The fourth-order valence-electron chi connectivity index (χ4n) is 3.60. The summed E-state index contributed by atoms with van der Waals surface area (Å²) in [6.45, 7) is 5.82. The predicted molar refractivity (Wildman–Crippen MR) is 91.5 cm³/mol. The average Bonchev–Trinajstić information content (AvgIpc) is 2.95. The second-order valence-electron chi connectivity index (χ2n) is 6.55. The lowest BCUT2D eigenvalue weighted by Gasteiger charge is -2.33. The number of nitrogens with zero attached hydrogens (tertiary/aromatic N) is 4. The highest BCUT2D eigenvalue weighted by atomic mass is 16.5. The molecular formula is C16H25N5O4. The highest BCUT2D eigenvalue weighted by Gasteiger charge is 2.37. The van der Waals surface area contributed by atoms with Crippen molar-refractivity contribution >= 4 is 17.7 Å². The SMILES string of the molecule is Cc1nc(N)nc(N2C[C@H](O)[C@@H](N3CCOCC3)C2)c1CCC(=O)O. The zero-order valence-electron chi connectivity index (χ0n) is 14.4. The van der Waals surface area contributed by atoms with E-state index in [2.05, 4.69) is 14.9 Å². The Hall–Kier alpha value is -1.97. The van der Waals surface area contributed by atoms with Gasteiger partial charge < -0.3 is 25.6 Å². The normalized spacial score (nSPS) is 24.6. The Bertz CT molecular complexity index is 635. The first kappa shape index (κ1) is 17.8. The molecule has 0 amide bonds. The maximum atomic E-state index is 11.0. The smallest absolute Gasteiger partial charge is 0.303 e. The molecule has 2 fully saturated rings. The van der Waals surface area contributed by atoms with Crippen LogP contribution in [-0.4, -0.2) is 82.6 Å². The number of aryl methyl sites for hydroxylation is 1. The quantitative estimate of drug-likeness (QED) is 0.629. The van der Waals surface area contributed by atoms with Crippen LogP contribution < -0.4 is 10.6 Å². The van der Waals surface area contributed by atoms with Crippen molar-refractivity contribution in [1.82, 2.24) is 14.9 Å². The molecule has 2 aliphatic rings. The number of hydrogen-bond acceptors (Lipinski definition) is 8. The second kappa shape index (κ2) is 7.51. The largest absolute Gasteiger partial charge is 0.481 e. The fraction of sp³-hybridized carbons (Fsp3) is 0.688. The molecule has 2 saturated heterocycles. The number of rotatable bonds is 5. The third kappa shape index (κ3) is 4.00. The minimum atomic E-state index is -0.866. The summed E-state index contributed by atoms with van der Waals surface area (Å²) < 4.78 is 5.38. The number of aliphatic carboxylic acids is 1. The van der Waals surface area contributed by atoms with E-state index in [0.717, 1.165) is 18.7 Å². The molecule has 9 nitrogen and oxygen atoms in total. The van der Waals surface area contributed by atoms with Crippen LogP contribution >= 0.6 is 0 Å². The molecule has 2 aliphatic heterocycles. The van der Waals surface area contributed by atoms with E-state index < -0.39 is 12.1 Å². The molecule has 0 aliphatic carbocycles. The molecule has 0 unspecified atom stereocenters. The lowest BCUT2D eigenvalue weighted by molar-refractivity contribution is -0.136. The molecule has 3 heterocycles. The Morgan fingerprint density at radius 2 is 2.04 bits per heavy atom. The molecule has 1 aromatic heterocycles. The standard InChI is InChI=1S/C16H25N5O4/c1-10-11(2-3-14(23)24)15(19-16(17)18-10)21-8-12(13(22)9-21)20-4-6-25-7-5-20/h12-13,22H,2-9H2,1H3,(H,23,24)(H2,17,18,19)/t12-,13-/m0/s1. The van der Waals surface area contributed by atoms with E-state index in [0.29, 0.717) is 44.2 Å². The summed E-state index contributed by atoms with van der Waals surface area (Å²) in [5, 5.41) is 19.5. The Morgan fingerprint density at radius 1 is 1.32 bits per heavy atom. The number of aromatic nitrogens is 2. The molecule has 0 spiro atoms. The van der Waals surface area contributed by atoms with Gasteiger partial charge in [0.1, 0.15) is 5.82 Å². The number of anilines is 2. The predicted octanol–water partition coefficient (Wildman–Crippen LogP) is -0.734. The molecule has 4 N–H and O–H groups in total. The number of morpholine rings is 1. The van der Waals surface area contributed by atoms with Gasteiger partial charge in [-0.1, -0.05) is 0 Å². The molecule has 25 heavy (non-hydrogen) atoms. The highest BCUT2D eigenvalue weighted by molar-refractivity contribution is 5.68. The summed E-state index contributed by atoms with van der Waals surface area (Å²) in [5.41, 5.74) is 7.28. The van der Waals surface area contributed by atoms with Crippen LogP contribution in [0.25, 0.3) is 0 Å². The van der Waals surface area contributed by atoms with Gasteiger partial charge in [-0.05, 0) is 13.3 Å². The number of β-amino-alcohol motifs (C(OH)–C–C–N with tert-alkyl or cyclic N) is 1. The molecule has 0 aromatic carbocycles. The van der Waals surface area contributed by atoms with Gasteiger partial charge in [-0.3, -0.25) is 9.69 Å². The van der Waals surface area contributed by atoms with Crippen LogP contribution in [0.1, 0.15) is 17.7 Å². The first-order valence-electron chi connectivity index (χ1n) is 8.55. The summed E-state index contributed by atoms with van der Waals surface area (Å²) in [7, 11) is 0. The van der Waals surface area contributed by atoms with Gasteiger partial charge in [-0.15, -0.1) is 0 Å². The Kier molecular flexibility index (Phi) is 5.36. The molecule has 2 atom stereocenters. The minimum Gasteiger partial charge on any atom is -0.481 e. The zero-order valence-corrected chi connectivity index (χ0v) is 14.4. The topological polar surface area (TPSA) is 125 Å². The minimum absolute atomic E-state index is 0.00437. The van der Waals surface area contributed by atoms with E-state index in [-0.39, 0.29) is 18.4 Å². The van der Waals surface area contributed by atoms with Crippen molar-refractivity contribution in [2.24, 2.45) is 0 Å². The van der Waals surface area contributed by atoms with E-state index in [1.165, 1.54) is 0 Å². The van der Waals surface area contributed by atoms with Gasteiger partial charge in [0.15, 0.2) is 0 Å². The summed E-state index contributed by atoms with van der Waals surface area (Å²) in [6.07, 6.45) is -0.155. The number of ether oxygens (including phenoxy) is 1. The summed E-state index contributed by atoms with van der Waals surface area (Å²) in [6, 6.07) is 0.00715. The maximum Gasteiger partial charge on any atom is 0.303 e. The molecule has 3 rings (SSSR count). The number of carboxylic acid groups (broad SMARTS) is 1. The van der Waals surface area contributed by atoms with E-state index in [1.54, 1.807) is 0 Å². The van der Waals surface area contributed by atoms with E-state index in [4.69, 9.17) is 15.6 Å². The Balaban J connectivity index is 1.82.